The molecule has 0 spiro atoms. The third-order valence-corrected chi connectivity index (χ3v) is 2.52. The van der Waals surface area contributed by atoms with Crippen LogP contribution in [0.2, 0.25) is 5.28 Å². The standard InChI is InChI=1S/C11H12ClN5/c1-3-5-7(4-2)15-10-8-9(14-6-13-8)16-11(12)17-10/h2,6-7H,3,5H2,1H3,(H2,13,14,15,16,17). The number of imidazole rings is 1. The van der Waals surface area contributed by atoms with Crippen molar-refractivity contribution in [2.45, 2.75) is 25.8 Å². The maximum Gasteiger partial charge on any atom is 0.226 e. The van der Waals surface area contributed by atoms with Gasteiger partial charge >= 0.3 is 0 Å². The van der Waals surface area contributed by atoms with Gasteiger partial charge in [0.05, 0.1) is 12.4 Å². The van der Waals surface area contributed by atoms with E-state index in [4.69, 9.17) is 18.0 Å². The summed E-state index contributed by atoms with van der Waals surface area (Å²) in [4.78, 5) is 15.1. The van der Waals surface area contributed by atoms with Crippen LogP contribution in [0.5, 0.6) is 0 Å². The summed E-state index contributed by atoms with van der Waals surface area (Å²) in [7, 11) is 0. The van der Waals surface area contributed by atoms with Gasteiger partial charge in [-0.3, -0.25) is 0 Å². The lowest BCUT2D eigenvalue weighted by Gasteiger charge is -2.12. The van der Waals surface area contributed by atoms with Crippen LogP contribution in [-0.4, -0.2) is 26.0 Å². The first-order valence-corrected chi connectivity index (χ1v) is 5.71. The summed E-state index contributed by atoms with van der Waals surface area (Å²) in [5.41, 5.74) is 1.24. The van der Waals surface area contributed by atoms with Gasteiger partial charge < -0.3 is 10.3 Å². The van der Waals surface area contributed by atoms with Gasteiger partial charge in [-0.25, -0.2) is 4.98 Å². The summed E-state index contributed by atoms with van der Waals surface area (Å²) < 4.78 is 0. The SMILES string of the molecule is C#CC(CCC)Nc1nc(Cl)nc2nc[nH]c12. The summed E-state index contributed by atoms with van der Waals surface area (Å²) >= 11 is 5.82. The van der Waals surface area contributed by atoms with Crippen LogP contribution in [0.15, 0.2) is 6.33 Å². The molecule has 0 radical (unpaired) electrons. The van der Waals surface area contributed by atoms with E-state index in [9.17, 15) is 0 Å². The van der Waals surface area contributed by atoms with Crippen LogP contribution >= 0.6 is 11.6 Å². The number of nitrogens with one attached hydrogen (secondary N) is 2. The number of terminal acetylenes is 1. The highest BCUT2D eigenvalue weighted by Gasteiger charge is 2.11. The molecule has 2 N–H and O–H groups in total. The maximum atomic E-state index is 5.82. The van der Waals surface area contributed by atoms with Crippen molar-refractivity contribution in [2.75, 3.05) is 5.32 Å². The van der Waals surface area contributed by atoms with E-state index in [2.05, 4.69) is 38.1 Å². The zero-order chi connectivity index (χ0) is 12.3. The van der Waals surface area contributed by atoms with E-state index >= 15 is 0 Å². The Morgan fingerprint density at radius 2 is 2.41 bits per heavy atom. The van der Waals surface area contributed by atoms with Crippen molar-refractivity contribution >= 4 is 28.6 Å². The van der Waals surface area contributed by atoms with Crippen molar-refractivity contribution in [3.63, 3.8) is 0 Å². The fraction of sp³-hybridized carbons (Fsp3) is 0.364. The van der Waals surface area contributed by atoms with E-state index in [0.29, 0.717) is 17.0 Å². The summed E-state index contributed by atoms with van der Waals surface area (Å²) in [6, 6.07) is -0.0718. The summed E-state index contributed by atoms with van der Waals surface area (Å²) in [6.45, 7) is 2.07. The minimum Gasteiger partial charge on any atom is -0.355 e. The van der Waals surface area contributed by atoms with Crippen molar-refractivity contribution in [3.05, 3.63) is 11.6 Å². The van der Waals surface area contributed by atoms with Gasteiger partial charge in [-0.15, -0.1) is 6.42 Å². The highest BCUT2D eigenvalue weighted by Crippen LogP contribution is 2.19. The number of hydrogen-bond donors (Lipinski definition) is 2. The minimum absolute atomic E-state index is 0.0718. The lowest BCUT2D eigenvalue weighted by atomic mass is 10.2. The number of H-pyrrole nitrogens is 1. The Morgan fingerprint density at radius 1 is 1.59 bits per heavy atom. The van der Waals surface area contributed by atoms with E-state index in [1.165, 1.54) is 0 Å². The fourth-order valence-electron chi connectivity index (χ4n) is 1.56. The molecule has 0 aliphatic rings. The highest BCUT2D eigenvalue weighted by molar-refractivity contribution is 6.28. The molecule has 1 unspecified atom stereocenters. The molecule has 0 aromatic carbocycles. The average Bonchev–Trinajstić information content (AvgIpc) is 2.76. The maximum absolute atomic E-state index is 5.82. The molecule has 0 saturated carbocycles. The first-order chi connectivity index (χ1) is 8.24. The molecule has 5 nitrogen and oxygen atoms in total. The van der Waals surface area contributed by atoms with Crippen LogP contribution in [0.3, 0.4) is 0 Å². The molecule has 0 fully saturated rings. The Bertz CT molecular complexity index is 556. The van der Waals surface area contributed by atoms with E-state index in [1.54, 1.807) is 6.33 Å². The fourth-order valence-corrected chi connectivity index (χ4v) is 1.73. The van der Waals surface area contributed by atoms with Gasteiger partial charge in [0.2, 0.25) is 5.28 Å². The predicted octanol–water partition coefficient (Wildman–Crippen LogP) is 2.22. The first-order valence-electron chi connectivity index (χ1n) is 5.34. The second kappa shape index (κ2) is 5.02. The smallest absolute Gasteiger partial charge is 0.226 e. The lowest BCUT2D eigenvalue weighted by Crippen LogP contribution is -2.18. The van der Waals surface area contributed by atoms with Gasteiger partial charge in [-0.2, -0.15) is 9.97 Å². The largest absolute Gasteiger partial charge is 0.355 e. The van der Waals surface area contributed by atoms with Gasteiger partial charge in [-0.1, -0.05) is 19.3 Å². The van der Waals surface area contributed by atoms with Gasteiger partial charge in [0.15, 0.2) is 11.5 Å². The number of aromatic amines is 1. The molecule has 88 valence electrons. The third-order valence-electron chi connectivity index (χ3n) is 2.35. The highest BCUT2D eigenvalue weighted by atomic mass is 35.5. The van der Waals surface area contributed by atoms with E-state index in [0.717, 1.165) is 12.8 Å². The Hall–Kier alpha value is -1.80. The molecule has 2 aromatic heterocycles. The Morgan fingerprint density at radius 3 is 3.12 bits per heavy atom. The Kier molecular flexibility index (Phi) is 3.45. The third kappa shape index (κ3) is 2.48. The molecule has 0 saturated heterocycles. The summed E-state index contributed by atoms with van der Waals surface area (Å²) in [5.74, 6) is 3.27. The van der Waals surface area contributed by atoms with Crippen LogP contribution in [0.1, 0.15) is 19.8 Å². The quantitative estimate of drug-likeness (QED) is 0.644. The van der Waals surface area contributed by atoms with Crippen LogP contribution < -0.4 is 5.32 Å². The number of anilines is 1. The van der Waals surface area contributed by atoms with Crippen molar-refractivity contribution in [2.24, 2.45) is 0 Å². The molecule has 0 bridgehead atoms. The van der Waals surface area contributed by atoms with E-state index in [1.807, 2.05) is 0 Å². The van der Waals surface area contributed by atoms with Crippen LogP contribution in [0.25, 0.3) is 11.2 Å². The Labute approximate surface area is 104 Å². The molecule has 6 heteroatoms. The lowest BCUT2D eigenvalue weighted by molar-refractivity contribution is 0.753. The summed E-state index contributed by atoms with van der Waals surface area (Å²) in [5, 5.41) is 3.31. The zero-order valence-electron chi connectivity index (χ0n) is 9.37. The van der Waals surface area contributed by atoms with E-state index < -0.39 is 0 Å². The predicted molar refractivity (Wildman–Crippen MR) is 67.8 cm³/mol. The number of fused-ring (bicyclic) bond motifs is 1. The molecule has 2 rings (SSSR count). The van der Waals surface area contributed by atoms with Crippen molar-refractivity contribution < 1.29 is 0 Å². The molecule has 0 aliphatic heterocycles. The topological polar surface area (TPSA) is 66.5 Å². The number of hydrogen-bond acceptors (Lipinski definition) is 4. The molecule has 1 atom stereocenters. The number of nitrogens with zero attached hydrogens (tertiary/aromatic N) is 3. The van der Waals surface area contributed by atoms with Crippen molar-refractivity contribution in [3.8, 4) is 12.3 Å². The van der Waals surface area contributed by atoms with Gasteiger partial charge in [0, 0.05) is 0 Å². The van der Waals surface area contributed by atoms with Crippen molar-refractivity contribution in [1.82, 2.24) is 19.9 Å². The normalized spacial score (nSPS) is 12.3. The monoisotopic (exact) mass is 249 g/mol. The minimum atomic E-state index is -0.0718. The molecule has 0 amide bonds. The van der Waals surface area contributed by atoms with Gasteiger partial charge in [0.1, 0.15) is 5.52 Å². The van der Waals surface area contributed by atoms with Gasteiger partial charge in [0.25, 0.3) is 0 Å². The van der Waals surface area contributed by atoms with E-state index in [-0.39, 0.29) is 11.3 Å². The average molecular weight is 250 g/mol. The molecule has 2 heterocycles. The molecule has 17 heavy (non-hydrogen) atoms. The van der Waals surface area contributed by atoms with Gasteiger partial charge in [-0.05, 0) is 18.0 Å². The first kappa shape index (κ1) is 11.7. The number of halogens is 1. The van der Waals surface area contributed by atoms with Crippen LogP contribution in [0.4, 0.5) is 5.82 Å². The molecule has 0 aliphatic carbocycles. The molecule has 2 aromatic rings. The van der Waals surface area contributed by atoms with Crippen molar-refractivity contribution in [1.29, 1.82) is 0 Å². The number of aromatic nitrogens is 4. The molecular weight excluding hydrogens is 238 g/mol. The summed E-state index contributed by atoms with van der Waals surface area (Å²) in [6.07, 6.45) is 8.86. The second-order valence-corrected chi connectivity index (χ2v) is 3.93. The Balaban J connectivity index is 2.34. The molecular formula is C11H12ClN5. The number of rotatable bonds is 4. The second-order valence-electron chi connectivity index (χ2n) is 3.59. The van der Waals surface area contributed by atoms with Crippen LogP contribution in [-0.2, 0) is 0 Å². The van der Waals surface area contributed by atoms with Crippen LogP contribution in [0, 0.1) is 12.3 Å². The zero-order valence-corrected chi connectivity index (χ0v) is 10.1.